The predicted octanol–water partition coefficient (Wildman–Crippen LogP) is 3.48. The number of nitrogens with zero attached hydrogens (tertiary/aromatic N) is 5. The summed E-state index contributed by atoms with van der Waals surface area (Å²) in [4.78, 5) is 40.2. The second-order valence-electron chi connectivity index (χ2n) is 9.90. The average molecular weight is 490 g/mol. The number of H-pyrrole nitrogens is 1. The zero-order chi connectivity index (χ0) is 25.2. The van der Waals surface area contributed by atoms with Gasteiger partial charge in [0.2, 0.25) is 11.9 Å². The highest BCUT2D eigenvalue weighted by molar-refractivity contribution is 5.87. The standard InChI is InChI=1S/C27H35N7O2/c1-4-24(35)33-14-12-32(13-15-33)23(16-19-6-7-19)21-10-8-20(9-11-21)18(3)29-26-28-17-22-25(31-26)34(5-2)27(36)30-22/h4,8-11,17-19,23H,1,5-7,12-16H2,2-3H3,(H,30,36)(H,28,29,31)/t18-,23+/m0/s1. The van der Waals surface area contributed by atoms with Gasteiger partial charge in [0.1, 0.15) is 5.52 Å². The lowest BCUT2D eigenvalue weighted by Crippen LogP contribution is -2.49. The SMILES string of the molecule is C=CC(=O)N1CCN([C@H](CC2CC2)c2ccc([C@H](C)Nc3ncc4[nH]c(=O)n(CC)c4n3)cc2)CC1. The molecule has 0 unspecified atom stereocenters. The molecule has 0 radical (unpaired) electrons. The fourth-order valence-corrected chi connectivity index (χ4v) is 5.14. The van der Waals surface area contributed by atoms with E-state index in [-0.39, 0.29) is 17.6 Å². The number of anilines is 1. The Labute approximate surface area is 211 Å². The van der Waals surface area contributed by atoms with E-state index in [1.165, 1.54) is 30.9 Å². The number of aromatic amines is 1. The molecule has 2 aliphatic rings. The number of nitrogens with one attached hydrogen (secondary N) is 2. The van der Waals surface area contributed by atoms with E-state index >= 15 is 0 Å². The minimum atomic E-state index is -0.169. The maximum atomic E-state index is 12.1. The highest BCUT2D eigenvalue weighted by atomic mass is 16.2. The molecule has 1 saturated carbocycles. The number of imidazole rings is 1. The number of fused-ring (bicyclic) bond motifs is 1. The number of benzene rings is 1. The molecule has 0 spiro atoms. The normalized spacial score (nSPS) is 18.2. The summed E-state index contributed by atoms with van der Waals surface area (Å²) in [6.07, 6.45) is 6.88. The first-order valence-electron chi connectivity index (χ1n) is 12.9. The van der Waals surface area contributed by atoms with E-state index in [1.807, 2.05) is 11.8 Å². The van der Waals surface area contributed by atoms with Gasteiger partial charge in [-0.25, -0.2) is 9.78 Å². The van der Waals surface area contributed by atoms with E-state index in [1.54, 1.807) is 10.8 Å². The van der Waals surface area contributed by atoms with Gasteiger partial charge in [0.15, 0.2) is 5.65 Å². The zero-order valence-corrected chi connectivity index (χ0v) is 21.1. The molecular weight excluding hydrogens is 454 g/mol. The topological polar surface area (TPSA) is 99.2 Å². The van der Waals surface area contributed by atoms with E-state index in [9.17, 15) is 9.59 Å². The molecule has 1 aliphatic heterocycles. The van der Waals surface area contributed by atoms with E-state index in [0.29, 0.717) is 29.7 Å². The third-order valence-electron chi connectivity index (χ3n) is 7.49. The molecule has 2 aromatic heterocycles. The summed E-state index contributed by atoms with van der Waals surface area (Å²) < 4.78 is 1.61. The summed E-state index contributed by atoms with van der Waals surface area (Å²) >= 11 is 0. The van der Waals surface area contributed by atoms with Gasteiger partial charge in [-0.05, 0) is 43.4 Å². The van der Waals surface area contributed by atoms with Crippen molar-refractivity contribution in [3.05, 3.63) is 64.7 Å². The van der Waals surface area contributed by atoms with Crippen molar-refractivity contribution in [2.75, 3.05) is 31.5 Å². The number of hydrogen-bond acceptors (Lipinski definition) is 6. The molecule has 1 amide bonds. The molecule has 1 aromatic carbocycles. The van der Waals surface area contributed by atoms with Gasteiger partial charge in [0.05, 0.1) is 12.2 Å². The van der Waals surface area contributed by atoms with Crippen LogP contribution in [0.5, 0.6) is 0 Å². The molecule has 1 aliphatic carbocycles. The largest absolute Gasteiger partial charge is 0.348 e. The molecule has 190 valence electrons. The molecule has 1 saturated heterocycles. The Hall–Kier alpha value is -3.46. The molecule has 5 rings (SSSR count). The van der Waals surface area contributed by atoms with Gasteiger partial charge in [-0.1, -0.05) is 43.7 Å². The van der Waals surface area contributed by atoms with Crippen LogP contribution in [0, 0.1) is 5.92 Å². The Bertz CT molecular complexity index is 1280. The molecule has 9 nitrogen and oxygen atoms in total. The monoisotopic (exact) mass is 489 g/mol. The van der Waals surface area contributed by atoms with E-state index in [4.69, 9.17) is 0 Å². The van der Waals surface area contributed by atoms with Gasteiger partial charge >= 0.3 is 5.69 Å². The molecule has 2 atom stereocenters. The molecule has 0 bridgehead atoms. The van der Waals surface area contributed by atoms with Gasteiger partial charge in [0, 0.05) is 38.8 Å². The quantitative estimate of drug-likeness (QED) is 0.447. The number of carbonyl (C=O) groups is 1. The molecule has 9 heteroatoms. The third kappa shape index (κ3) is 5.06. The Balaban J connectivity index is 1.28. The number of aromatic nitrogens is 4. The van der Waals surface area contributed by atoms with Crippen LogP contribution < -0.4 is 11.0 Å². The van der Waals surface area contributed by atoms with Crippen LogP contribution in [0.1, 0.15) is 56.3 Å². The van der Waals surface area contributed by atoms with Crippen molar-refractivity contribution in [3.8, 4) is 0 Å². The number of amides is 1. The number of carbonyl (C=O) groups excluding carboxylic acids is 1. The first kappa shape index (κ1) is 24.2. The van der Waals surface area contributed by atoms with Gasteiger partial charge in [-0.15, -0.1) is 0 Å². The van der Waals surface area contributed by atoms with Crippen molar-refractivity contribution in [1.29, 1.82) is 0 Å². The fraction of sp³-hybridized carbons (Fsp3) is 0.481. The van der Waals surface area contributed by atoms with Crippen molar-refractivity contribution in [1.82, 2.24) is 29.3 Å². The third-order valence-corrected chi connectivity index (χ3v) is 7.49. The van der Waals surface area contributed by atoms with Crippen LogP contribution >= 0.6 is 0 Å². The van der Waals surface area contributed by atoms with Crippen LogP contribution in [0.2, 0.25) is 0 Å². The van der Waals surface area contributed by atoms with Crippen molar-refractivity contribution >= 4 is 23.0 Å². The minimum absolute atomic E-state index is 0.00702. The highest BCUT2D eigenvalue weighted by Crippen LogP contribution is 2.40. The Kier molecular flexibility index (Phi) is 6.91. The second-order valence-corrected chi connectivity index (χ2v) is 9.90. The van der Waals surface area contributed by atoms with E-state index in [2.05, 4.69) is 62.9 Å². The second kappa shape index (κ2) is 10.3. The van der Waals surface area contributed by atoms with Crippen LogP contribution in [-0.4, -0.2) is 61.4 Å². The van der Waals surface area contributed by atoms with Crippen LogP contribution in [0.4, 0.5) is 5.95 Å². The first-order chi connectivity index (χ1) is 17.5. The number of aryl methyl sites for hydroxylation is 1. The summed E-state index contributed by atoms with van der Waals surface area (Å²) in [7, 11) is 0. The van der Waals surface area contributed by atoms with Gasteiger partial charge in [-0.3, -0.25) is 14.3 Å². The molecule has 3 aromatic rings. The maximum Gasteiger partial charge on any atom is 0.327 e. The Morgan fingerprint density at radius 3 is 2.53 bits per heavy atom. The highest BCUT2D eigenvalue weighted by Gasteiger charge is 2.32. The van der Waals surface area contributed by atoms with Crippen molar-refractivity contribution in [2.24, 2.45) is 5.92 Å². The van der Waals surface area contributed by atoms with Crippen molar-refractivity contribution < 1.29 is 4.79 Å². The molecule has 3 heterocycles. The Morgan fingerprint density at radius 1 is 1.19 bits per heavy atom. The lowest BCUT2D eigenvalue weighted by atomic mass is 9.96. The van der Waals surface area contributed by atoms with Crippen molar-refractivity contribution in [2.45, 2.75) is 51.7 Å². The fourth-order valence-electron chi connectivity index (χ4n) is 5.14. The lowest BCUT2D eigenvalue weighted by molar-refractivity contribution is -0.128. The number of hydrogen-bond donors (Lipinski definition) is 2. The van der Waals surface area contributed by atoms with E-state index < -0.39 is 0 Å². The molecule has 2 fully saturated rings. The van der Waals surface area contributed by atoms with Crippen LogP contribution in [0.3, 0.4) is 0 Å². The van der Waals surface area contributed by atoms with Gasteiger partial charge in [0.25, 0.3) is 0 Å². The zero-order valence-electron chi connectivity index (χ0n) is 21.1. The summed E-state index contributed by atoms with van der Waals surface area (Å²) in [5, 5.41) is 3.38. The first-order valence-corrected chi connectivity index (χ1v) is 12.9. The smallest absolute Gasteiger partial charge is 0.327 e. The van der Waals surface area contributed by atoms with Crippen LogP contribution in [0.25, 0.3) is 11.2 Å². The van der Waals surface area contributed by atoms with Crippen LogP contribution in [0.15, 0.2) is 47.9 Å². The minimum Gasteiger partial charge on any atom is -0.348 e. The predicted molar refractivity (Wildman–Crippen MR) is 141 cm³/mol. The van der Waals surface area contributed by atoms with Gasteiger partial charge < -0.3 is 15.2 Å². The van der Waals surface area contributed by atoms with Gasteiger partial charge in [-0.2, -0.15) is 4.98 Å². The summed E-state index contributed by atoms with van der Waals surface area (Å²) in [6.45, 7) is 11.5. The van der Waals surface area contributed by atoms with Crippen LogP contribution in [-0.2, 0) is 11.3 Å². The summed E-state index contributed by atoms with van der Waals surface area (Å²) in [5.41, 5.74) is 3.56. The van der Waals surface area contributed by atoms with E-state index in [0.717, 1.165) is 37.7 Å². The molecular formula is C27H35N7O2. The molecule has 36 heavy (non-hydrogen) atoms. The Morgan fingerprint density at radius 2 is 1.89 bits per heavy atom. The summed E-state index contributed by atoms with van der Waals surface area (Å²) in [5.74, 6) is 1.33. The number of piperazine rings is 1. The average Bonchev–Trinajstić information content (AvgIpc) is 3.67. The number of rotatable bonds is 9. The van der Waals surface area contributed by atoms with Crippen molar-refractivity contribution in [3.63, 3.8) is 0 Å². The maximum absolute atomic E-state index is 12.1. The molecule has 2 N–H and O–H groups in total. The summed E-state index contributed by atoms with van der Waals surface area (Å²) in [6, 6.07) is 9.23. The lowest BCUT2D eigenvalue weighted by Gasteiger charge is -2.39.